The highest BCUT2D eigenvalue weighted by molar-refractivity contribution is 6.08. The summed E-state index contributed by atoms with van der Waals surface area (Å²) in [6.45, 7) is 4.40. The Labute approximate surface area is 133 Å². The Balaban J connectivity index is 2.43. The number of fused-ring (bicyclic) bond motifs is 3. The van der Waals surface area contributed by atoms with E-state index in [1.165, 1.54) is 4.68 Å². The van der Waals surface area contributed by atoms with E-state index in [4.69, 9.17) is 0 Å². The molecule has 2 heterocycles. The smallest absolute Gasteiger partial charge is 0.291 e. The highest BCUT2D eigenvalue weighted by Crippen LogP contribution is 2.30. The van der Waals surface area contributed by atoms with E-state index in [0.717, 1.165) is 16.3 Å². The van der Waals surface area contributed by atoms with Gasteiger partial charge in [-0.1, -0.05) is 25.1 Å². The fourth-order valence-electron chi connectivity index (χ4n) is 3.09. The number of hydrogen-bond acceptors (Lipinski definition) is 3. The second kappa shape index (κ2) is 5.87. The van der Waals surface area contributed by atoms with Gasteiger partial charge in [0.1, 0.15) is 11.6 Å². The molecule has 1 N–H and O–H groups in total. The molecule has 0 radical (unpaired) electrons. The highest BCUT2D eigenvalue weighted by atomic mass is 16.2. The molecule has 0 aliphatic heterocycles. The van der Waals surface area contributed by atoms with E-state index in [0.29, 0.717) is 18.5 Å². The Hall–Kier alpha value is -2.63. The van der Waals surface area contributed by atoms with Crippen molar-refractivity contribution in [3.8, 4) is 0 Å². The van der Waals surface area contributed by atoms with Crippen LogP contribution < -0.4 is 10.9 Å². The molecule has 3 rings (SSSR count). The van der Waals surface area contributed by atoms with E-state index < -0.39 is 6.04 Å². The van der Waals surface area contributed by atoms with Crippen molar-refractivity contribution >= 4 is 27.7 Å². The fourth-order valence-corrected chi connectivity index (χ4v) is 3.09. The van der Waals surface area contributed by atoms with Gasteiger partial charge in [-0.2, -0.15) is 5.10 Å². The largest absolute Gasteiger partial charge is 0.355 e. The van der Waals surface area contributed by atoms with Crippen molar-refractivity contribution in [2.75, 3.05) is 6.54 Å². The fraction of sp³-hybridized carbons (Fsp3) is 0.353. The van der Waals surface area contributed by atoms with Crippen molar-refractivity contribution in [2.24, 2.45) is 7.05 Å². The van der Waals surface area contributed by atoms with Crippen LogP contribution in [0.2, 0.25) is 0 Å². The molecular weight excluding hydrogens is 292 g/mol. The number of carbonyl (C=O) groups is 1. The Kier molecular flexibility index (Phi) is 3.90. The number of aromatic nitrogens is 3. The lowest BCUT2D eigenvalue weighted by Crippen LogP contribution is -2.33. The molecule has 1 amide bonds. The number of amides is 1. The van der Waals surface area contributed by atoms with E-state index in [1.807, 2.05) is 42.7 Å². The lowest BCUT2D eigenvalue weighted by molar-refractivity contribution is -0.124. The number of nitrogens with zero attached hydrogens (tertiary/aromatic N) is 3. The minimum Gasteiger partial charge on any atom is -0.355 e. The molecule has 6 nitrogen and oxygen atoms in total. The minimum atomic E-state index is -0.424. The van der Waals surface area contributed by atoms with Crippen molar-refractivity contribution < 1.29 is 4.79 Å². The van der Waals surface area contributed by atoms with Gasteiger partial charge in [0.25, 0.3) is 5.56 Å². The van der Waals surface area contributed by atoms with Crippen LogP contribution in [-0.4, -0.2) is 26.8 Å². The predicted octanol–water partition coefficient (Wildman–Crippen LogP) is 1.98. The first-order valence-corrected chi connectivity index (χ1v) is 7.82. The molecule has 120 valence electrons. The van der Waals surface area contributed by atoms with Gasteiger partial charge in [0, 0.05) is 24.4 Å². The lowest BCUT2D eigenvalue weighted by atomic mass is 10.2. The number of rotatable bonds is 4. The quantitative estimate of drug-likeness (QED) is 0.801. The molecule has 1 unspecified atom stereocenters. The van der Waals surface area contributed by atoms with Crippen LogP contribution in [0.15, 0.2) is 35.3 Å². The molecule has 0 aliphatic carbocycles. The maximum absolute atomic E-state index is 12.7. The highest BCUT2D eigenvalue weighted by Gasteiger charge is 2.24. The summed E-state index contributed by atoms with van der Waals surface area (Å²) in [7, 11) is 1.62. The number of para-hydroxylation sites is 1. The molecule has 0 saturated carbocycles. The SMILES string of the molecule is CCNC(=O)C(CC)n1c2ccccc2c2cnn(C)c(=O)c21. The summed E-state index contributed by atoms with van der Waals surface area (Å²) < 4.78 is 3.17. The van der Waals surface area contributed by atoms with Crippen LogP contribution in [0.5, 0.6) is 0 Å². The maximum Gasteiger partial charge on any atom is 0.291 e. The molecule has 1 atom stereocenters. The zero-order chi connectivity index (χ0) is 16.6. The summed E-state index contributed by atoms with van der Waals surface area (Å²) in [5.74, 6) is -0.0727. The lowest BCUT2D eigenvalue weighted by Gasteiger charge is -2.18. The van der Waals surface area contributed by atoms with Crippen LogP contribution in [0.4, 0.5) is 0 Å². The molecule has 6 heteroatoms. The number of aryl methyl sites for hydroxylation is 1. The van der Waals surface area contributed by atoms with Crippen LogP contribution >= 0.6 is 0 Å². The summed E-state index contributed by atoms with van der Waals surface area (Å²) in [6.07, 6.45) is 2.30. The molecular formula is C17H20N4O2. The van der Waals surface area contributed by atoms with Gasteiger partial charge in [0.05, 0.1) is 11.7 Å². The normalized spacial score (nSPS) is 12.7. The summed E-state index contributed by atoms with van der Waals surface area (Å²) in [5, 5.41) is 8.71. The third-order valence-corrected chi connectivity index (χ3v) is 4.16. The van der Waals surface area contributed by atoms with Crippen LogP contribution in [0.1, 0.15) is 26.3 Å². The zero-order valence-corrected chi connectivity index (χ0v) is 13.5. The first kappa shape index (κ1) is 15.3. The third kappa shape index (κ3) is 2.30. The summed E-state index contributed by atoms with van der Waals surface area (Å²) in [4.78, 5) is 25.2. The molecule has 2 aromatic heterocycles. The zero-order valence-electron chi connectivity index (χ0n) is 13.5. The summed E-state index contributed by atoms with van der Waals surface area (Å²) in [6, 6.07) is 7.32. The Morgan fingerprint density at radius 3 is 2.70 bits per heavy atom. The molecule has 0 saturated heterocycles. The molecule has 0 bridgehead atoms. The monoisotopic (exact) mass is 312 g/mol. The van der Waals surface area contributed by atoms with Gasteiger partial charge in [-0.05, 0) is 19.4 Å². The average Bonchev–Trinajstić information content (AvgIpc) is 2.88. The van der Waals surface area contributed by atoms with E-state index >= 15 is 0 Å². The predicted molar refractivity (Wildman–Crippen MR) is 90.5 cm³/mol. The van der Waals surface area contributed by atoms with E-state index in [2.05, 4.69) is 10.4 Å². The molecule has 3 aromatic rings. The summed E-state index contributed by atoms with van der Waals surface area (Å²) in [5.41, 5.74) is 1.22. The average molecular weight is 312 g/mol. The van der Waals surface area contributed by atoms with Crippen molar-refractivity contribution in [1.82, 2.24) is 19.7 Å². The maximum atomic E-state index is 12.7. The number of nitrogens with one attached hydrogen (secondary N) is 1. The van der Waals surface area contributed by atoms with Crippen molar-refractivity contribution in [1.29, 1.82) is 0 Å². The van der Waals surface area contributed by atoms with Gasteiger partial charge in [-0.25, -0.2) is 4.68 Å². The van der Waals surface area contributed by atoms with Crippen LogP contribution in [0.3, 0.4) is 0 Å². The van der Waals surface area contributed by atoms with Gasteiger partial charge in [-0.3, -0.25) is 9.59 Å². The minimum absolute atomic E-state index is 0.0727. The van der Waals surface area contributed by atoms with Crippen molar-refractivity contribution in [2.45, 2.75) is 26.3 Å². The van der Waals surface area contributed by atoms with Gasteiger partial charge in [-0.15, -0.1) is 0 Å². The van der Waals surface area contributed by atoms with Crippen LogP contribution in [0, 0.1) is 0 Å². The third-order valence-electron chi connectivity index (χ3n) is 4.16. The topological polar surface area (TPSA) is 68.9 Å². The number of benzene rings is 1. The molecule has 23 heavy (non-hydrogen) atoms. The number of hydrogen-bond donors (Lipinski definition) is 1. The molecule has 0 fully saturated rings. The number of likely N-dealkylation sites (N-methyl/N-ethyl adjacent to an activating group) is 1. The first-order chi connectivity index (χ1) is 11.1. The first-order valence-electron chi connectivity index (χ1n) is 7.82. The second-order valence-corrected chi connectivity index (χ2v) is 5.54. The van der Waals surface area contributed by atoms with Crippen LogP contribution in [0.25, 0.3) is 21.8 Å². The Morgan fingerprint density at radius 1 is 1.26 bits per heavy atom. The van der Waals surface area contributed by atoms with Gasteiger partial charge in [0.15, 0.2) is 0 Å². The van der Waals surface area contributed by atoms with Gasteiger partial charge < -0.3 is 9.88 Å². The number of carbonyl (C=O) groups excluding carboxylic acids is 1. The van der Waals surface area contributed by atoms with Gasteiger partial charge >= 0.3 is 0 Å². The Bertz CT molecular complexity index is 939. The van der Waals surface area contributed by atoms with Gasteiger partial charge in [0.2, 0.25) is 5.91 Å². The molecule has 0 aliphatic rings. The van der Waals surface area contributed by atoms with Crippen molar-refractivity contribution in [3.05, 3.63) is 40.8 Å². The molecule has 1 aromatic carbocycles. The van der Waals surface area contributed by atoms with E-state index in [-0.39, 0.29) is 11.5 Å². The van der Waals surface area contributed by atoms with E-state index in [1.54, 1.807) is 13.2 Å². The molecule has 0 spiro atoms. The van der Waals surface area contributed by atoms with Crippen LogP contribution in [-0.2, 0) is 11.8 Å². The van der Waals surface area contributed by atoms with Crippen molar-refractivity contribution in [3.63, 3.8) is 0 Å². The second-order valence-electron chi connectivity index (χ2n) is 5.54. The summed E-state index contributed by atoms with van der Waals surface area (Å²) >= 11 is 0. The standard InChI is InChI=1S/C17H20N4O2/c1-4-13(16(22)18-5-2)21-14-9-7-6-8-11(14)12-10-19-20(3)17(23)15(12)21/h6-10,13H,4-5H2,1-3H3,(H,18,22). The Morgan fingerprint density at radius 2 is 2.00 bits per heavy atom. The van der Waals surface area contributed by atoms with E-state index in [9.17, 15) is 9.59 Å².